The van der Waals surface area contributed by atoms with E-state index in [1.807, 2.05) is 23.6 Å². The fourth-order valence-electron chi connectivity index (χ4n) is 4.74. The second-order valence-electron chi connectivity index (χ2n) is 8.64. The van der Waals surface area contributed by atoms with Crippen LogP contribution in [0.1, 0.15) is 43.9 Å². The summed E-state index contributed by atoms with van der Waals surface area (Å²) in [5.41, 5.74) is 3.02. The average Bonchev–Trinajstić information content (AvgIpc) is 2.87. The molecule has 1 N–H and O–H groups in total. The molecule has 2 aromatic rings. The van der Waals surface area contributed by atoms with Gasteiger partial charge >= 0.3 is 0 Å². The van der Waals surface area contributed by atoms with E-state index in [0.717, 1.165) is 38.0 Å². The SMILES string of the molecule is Cc1nn(C)c2cc(CC3CCN(C(=O)C4CC(C)(O)C4)CC3)ccc12. The van der Waals surface area contributed by atoms with Crippen LogP contribution in [0.3, 0.4) is 0 Å². The second-order valence-corrected chi connectivity index (χ2v) is 8.64. The lowest BCUT2D eigenvalue weighted by Crippen LogP contribution is -2.51. The van der Waals surface area contributed by atoms with E-state index in [9.17, 15) is 9.90 Å². The number of carbonyl (C=O) groups excluding carboxylic acids is 1. The molecular formula is C21H29N3O2. The molecule has 1 amide bonds. The molecule has 5 heteroatoms. The third-order valence-electron chi connectivity index (χ3n) is 6.27. The van der Waals surface area contributed by atoms with Gasteiger partial charge in [0.15, 0.2) is 0 Å². The number of hydrogen-bond donors (Lipinski definition) is 1. The van der Waals surface area contributed by atoms with Gasteiger partial charge in [0.2, 0.25) is 5.91 Å². The second kappa shape index (κ2) is 6.38. The molecule has 1 aliphatic heterocycles. The van der Waals surface area contributed by atoms with Gasteiger partial charge in [0.25, 0.3) is 0 Å². The van der Waals surface area contributed by atoms with Gasteiger partial charge in [0.1, 0.15) is 0 Å². The molecule has 4 rings (SSSR count). The van der Waals surface area contributed by atoms with Crippen molar-refractivity contribution < 1.29 is 9.90 Å². The molecule has 1 aromatic heterocycles. The zero-order valence-electron chi connectivity index (χ0n) is 16.0. The highest BCUT2D eigenvalue weighted by atomic mass is 16.3. The Morgan fingerprint density at radius 3 is 2.65 bits per heavy atom. The molecule has 0 radical (unpaired) electrons. The Balaban J connectivity index is 1.34. The van der Waals surface area contributed by atoms with E-state index in [0.29, 0.717) is 18.8 Å². The zero-order chi connectivity index (χ0) is 18.5. The van der Waals surface area contributed by atoms with Crippen LogP contribution >= 0.6 is 0 Å². The predicted octanol–water partition coefficient (Wildman–Crippen LogP) is 2.82. The van der Waals surface area contributed by atoms with E-state index in [1.54, 1.807) is 0 Å². The molecular weight excluding hydrogens is 326 g/mol. The number of aryl methyl sites for hydroxylation is 2. The highest BCUT2D eigenvalue weighted by Gasteiger charge is 2.44. The van der Waals surface area contributed by atoms with Crippen LogP contribution in [0.4, 0.5) is 0 Å². The number of aromatic nitrogens is 2. The van der Waals surface area contributed by atoms with Crippen molar-refractivity contribution in [2.24, 2.45) is 18.9 Å². The molecule has 2 heterocycles. The topological polar surface area (TPSA) is 58.4 Å². The number of fused-ring (bicyclic) bond motifs is 1. The molecule has 0 unspecified atom stereocenters. The largest absolute Gasteiger partial charge is 0.390 e. The zero-order valence-corrected chi connectivity index (χ0v) is 16.0. The number of piperidine rings is 1. The lowest BCUT2D eigenvalue weighted by molar-refractivity contribution is -0.151. The lowest BCUT2D eigenvalue weighted by Gasteiger charge is -2.43. The Kier molecular flexibility index (Phi) is 4.30. The van der Waals surface area contributed by atoms with E-state index in [2.05, 4.69) is 30.2 Å². The summed E-state index contributed by atoms with van der Waals surface area (Å²) in [4.78, 5) is 14.5. The first-order valence-electron chi connectivity index (χ1n) is 9.76. The molecule has 0 atom stereocenters. The highest BCUT2D eigenvalue weighted by Crippen LogP contribution is 2.39. The van der Waals surface area contributed by atoms with Gasteiger partial charge in [0.05, 0.1) is 16.8 Å². The normalized spacial score (nSPS) is 26.9. The van der Waals surface area contributed by atoms with E-state index < -0.39 is 5.60 Å². The molecule has 1 saturated heterocycles. The third kappa shape index (κ3) is 3.25. The Labute approximate surface area is 155 Å². The monoisotopic (exact) mass is 355 g/mol. The third-order valence-corrected chi connectivity index (χ3v) is 6.27. The Hall–Kier alpha value is -1.88. The minimum atomic E-state index is -0.624. The van der Waals surface area contributed by atoms with Crippen molar-refractivity contribution in [3.63, 3.8) is 0 Å². The number of benzene rings is 1. The fraction of sp³-hybridized carbons (Fsp3) is 0.619. The van der Waals surface area contributed by atoms with Crippen molar-refractivity contribution in [1.82, 2.24) is 14.7 Å². The maximum absolute atomic E-state index is 12.5. The van der Waals surface area contributed by atoms with Crippen LogP contribution in [0.5, 0.6) is 0 Å². The first kappa shape index (κ1) is 17.5. The van der Waals surface area contributed by atoms with Crippen LogP contribution in [0.15, 0.2) is 18.2 Å². The molecule has 0 spiro atoms. The molecule has 0 bridgehead atoms. The Morgan fingerprint density at radius 2 is 2.00 bits per heavy atom. The van der Waals surface area contributed by atoms with Crippen molar-refractivity contribution in [3.05, 3.63) is 29.5 Å². The van der Waals surface area contributed by atoms with Crippen molar-refractivity contribution in [2.75, 3.05) is 13.1 Å². The summed E-state index contributed by atoms with van der Waals surface area (Å²) >= 11 is 0. The number of amides is 1. The van der Waals surface area contributed by atoms with Gasteiger partial charge in [-0.15, -0.1) is 0 Å². The molecule has 26 heavy (non-hydrogen) atoms. The van der Waals surface area contributed by atoms with Crippen LogP contribution < -0.4 is 0 Å². The number of hydrogen-bond acceptors (Lipinski definition) is 3. The van der Waals surface area contributed by atoms with Crippen molar-refractivity contribution in [1.29, 1.82) is 0 Å². The predicted molar refractivity (Wildman–Crippen MR) is 102 cm³/mol. The summed E-state index contributed by atoms with van der Waals surface area (Å²) in [5.74, 6) is 0.925. The summed E-state index contributed by atoms with van der Waals surface area (Å²) in [5, 5.41) is 15.6. The quantitative estimate of drug-likeness (QED) is 0.921. The Morgan fingerprint density at radius 1 is 1.31 bits per heavy atom. The average molecular weight is 355 g/mol. The smallest absolute Gasteiger partial charge is 0.225 e. The van der Waals surface area contributed by atoms with Gasteiger partial charge < -0.3 is 10.0 Å². The number of likely N-dealkylation sites (tertiary alicyclic amines) is 1. The summed E-state index contributed by atoms with van der Waals surface area (Å²) in [7, 11) is 2.00. The summed E-state index contributed by atoms with van der Waals surface area (Å²) in [6.07, 6.45) is 4.45. The van der Waals surface area contributed by atoms with Gasteiger partial charge in [-0.3, -0.25) is 9.48 Å². The van der Waals surface area contributed by atoms with E-state index >= 15 is 0 Å². The van der Waals surface area contributed by atoms with Crippen molar-refractivity contribution in [3.8, 4) is 0 Å². The van der Waals surface area contributed by atoms with Crippen LogP contribution in [0.25, 0.3) is 10.9 Å². The van der Waals surface area contributed by atoms with Gasteiger partial charge in [-0.25, -0.2) is 0 Å². The number of aliphatic hydroxyl groups is 1. The van der Waals surface area contributed by atoms with Crippen molar-refractivity contribution in [2.45, 2.75) is 51.6 Å². The lowest BCUT2D eigenvalue weighted by atomic mass is 9.71. The van der Waals surface area contributed by atoms with E-state index in [1.165, 1.54) is 16.5 Å². The first-order valence-corrected chi connectivity index (χ1v) is 9.76. The highest BCUT2D eigenvalue weighted by molar-refractivity contribution is 5.82. The molecule has 5 nitrogen and oxygen atoms in total. The number of carbonyl (C=O) groups is 1. The molecule has 2 aliphatic rings. The van der Waals surface area contributed by atoms with E-state index in [4.69, 9.17) is 0 Å². The number of rotatable bonds is 3. The maximum atomic E-state index is 12.5. The minimum Gasteiger partial charge on any atom is -0.390 e. The summed E-state index contributed by atoms with van der Waals surface area (Å²) in [6, 6.07) is 6.68. The standard InChI is InChI=1S/C21H29N3O2/c1-14-18-5-4-16(11-19(18)23(3)22-14)10-15-6-8-24(9-7-15)20(25)17-12-21(2,26)13-17/h4-5,11,15,17,26H,6-10,12-13H2,1-3H3. The summed E-state index contributed by atoms with van der Waals surface area (Å²) in [6.45, 7) is 5.59. The summed E-state index contributed by atoms with van der Waals surface area (Å²) < 4.78 is 1.96. The maximum Gasteiger partial charge on any atom is 0.225 e. The fourth-order valence-corrected chi connectivity index (χ4v) is 4.74. The van der Waals surface area contributed by atoms with E-state index in [-0.39, 0.29) is 11.8 Å². The van der Waals surface area contributed by atoms with Gasteiger partial charge in [-0.05, 0) is 63.5 Å². The van der Waals surface area contributed by atoms with Crippen LogP contribution in [0.2, 0.25) is 0 Å². The molecule has 1 aliphatic carbocycles. The van der Waals surface area contributed by atoms with Crippen molar-refractivity contribution >= 4 is 16.8 Å². The van der Waals surface area contributed by atoms with Crippen LogP contribution in [0, 0.1) is 18.8 Å². The molecule has 2 fully saturated rings. The van der Waals surface area contributed by atoms with Gasteiger partial charge in [-0.1, -0.05) is 12.1 Å². The van der Waals surface area contributed by atoms with Gasteiger partial charge in [0, 0.05) is 31.4 Å². The number of nitrogens with zero attached hydrogens (tertiary/aromatic N) is 3. The molecule has 1 saturated carbocycles. The van der Waals surface area contributed by atoms with Gasteiger partial charge in [-0.2, -0.15) is 5.10 Å². The Bertz CT molecular complexity index is 823. The van der Waals surface area contributed by atoms with Crippen LogP contribution in [-0.4, -0.2) is 44.4 Å². The minimum absolute atomic E-state index is 0.0389. The molecule has 140 valence electrons. The van der Waals surface area contributed by atoms with Crippen LogP contribution in [-0.2, 0) is 18.3 Å². The molecule has 1 aromatic carbocycles. The first-order chi connectivity index (χ1) is 12.3.